The van der Waals surface area contributed by atoms with Crippen molar-refractivity contribution in [2.45, 2.75) is 29.5 Å². The van der Waals surface area contributed by atoms with Gasteiger partial charge in [-0.25, -0.2) is 4.98 Å². The van der Waals surface area contributed by atoms with E-state index in [2.05, 4.69) is 16.5 Å². The average Bonchev–Trinajstić information content (AvgIpc) is 3.29. The molecule has 2 aromatic heterocycles. The van der Waals surface area contributed by atoms with E-state index < -0.39 is 0 Å². The number of rotatable bonds is 5. The lowest BCUT2D eigenvalue weighted by Gasteiger charge is -2.04. The van der Waals surface area contributed by atoms with Crippen molar-refractivity contribution in [2.75, 3.05) is 0 Å². The fraction of sp³-hybridized carbons (Fsp3) is 0.222. The van der Waals surface area contributed by atoms with Gasteiger partial charge in [-0.1, -0.05) is 6.07 Å². The molecule has 4 nitrogen and oxygen atoms in total. The molecule has 0 aliphatic heterocycles. The Morgan fingerprint density at radius 1 is 1.22 bits per heavy atom. The van der Waals surface area contributed by atoms with E-state index in [1.165, 1.54) is 0 Å². The Morgan fingerprint density at radius 3 is 2.78 bits per heavy atom. The largest absolute Gasteiger partial charge is 0.349 e. The molecular formula is C18H17N3OS. The zero-order chi connectivity index (χ0) is 15.6. The number of carbonyl (C=O) groups excluding carboxylic acids is 1. The third-order valence-corrected chi connectivity index (χ3v) is 4.88. The predicted octanol–water partition coefficient (Wildman–Crippen LogP) is 3.52. The SMILES string of the molecule is O=C(NC1CC1)c1ccc(SCc2cn3ccccc3n2)cc1. The molecule has 0 spiro atoms. The maximum absolute atomic E-state index is 12.0. The molecule has 0 radical (unpaired) electrons. The summed E-state index contributed by atoms with van der Waals surface area (Å²) >= 11 is 1.73. The van der Waals surface area contributed by atoms with Crippen LogP contribution in [0.15, 0.2) is 59.8 Å². The van der Waals surface area contributed by atoms with Crippen molar-refractivity contribution >= 4 is 23.3 Å². The van der Waals surface area contributed by atoms with Gasteiger partial charge in [0.1, 0.15) is 5.65 Å². The Kier molecular flexibility index (Phi) is 3.79. The molecule has 1 N–H and O–H groups in total. The zero-order valence-corrected chi connectivity index (χ0v) is 13.4. The number of pyridine rings is 1. The first-order valence-corrected chi connectivity index (χ1v) is 8.73. The minimum atomic E-state index is 0.0319. The second-order valence-electron chi connectivity index (χ2n) is 5.76. The summed E-state index contributed by atoms with van der Waals surface area (Å²) in [7, 11) is 0. The van der Waals surface area contributed by atoms with Crippen LogP contribution in [-0.4, -0.2) is 21.3 Å². The number of fused-ring (bicyclic) bond motifs is 1. The Balaban J connectivity index is 1.39. The Bertz CT molecular complexity index is 804. The van der Waals surface area contributed by atoms with Gasteiger partial charge in [-0.3, -0.25) is 4.79 Å². The third kappa shape index (κ3) is 3.40. The second-order valence-corrected chi connectivity index (χ2v) is 6.81. The van der Waals surface area contributed by atoms with Crippen LogP contribution in [0.1, 0.15) is 28.9 Å². The summed E-state index contributed by atoms with van der Waals surface area (Å²) in [4.78, 5) is 17.7. The molecule has 1 amide bonds. The van der Waals surface area contributed by atoms with E-state index >= 15 is 0 Å². The van der Waals surface area contributed by atoms with Crippen LogP contribution >= 0.6 is 11.8 Å². The number of hydrogen-bond donors (Lipinski definition) is 1. The van der Waals surface area contributed by atoms with Gasteiger partial charge in [0.05, 0.1) is 5.69 Å². The van der Waals surface area contributed by atoms with Crippen LogP contribution in [0.2, 0.25) is 0 Å². The average molecular weight is 323 g/mol. The van der Waals surface area contributed by atoms with Gasteiger partial charge in [0, 0.05) is 34.6 Å². The monoisotopic (exact) mass is 323 g/mol. The number of amides is 1. The molecule has 1 aliphatic carbocycles. The fourth-order valence-electron chi connectivity index (χ4n) is 2.41. The molecule has 3 aromatic rings. The predicted molar refractivity (Wildman–Crippen MR) is 91.7 cm³/mol. The van der Waals surface area contributed by atoms with Gasteiger partial charge in [-0.2, -0.15) is 0 Å². The van der Waals surface area contributed by atoms with E-state index in [4.69, 9.17) is 0 Å². The number of imidazole rings is 1. The van der Waals surface area contributed by atoms with Crippen LogP contribution in [0.5, 0.6) is 0 Å². The Labute approximate surface area is 138 Å². The topological polar surface area (TPSA) is 46.4 Å². The minimum Gasteiger partial charge on any atom is -0.349 e. The van der Waals surface area contributed by atoms with E-state index in [0.717, 1.165) is 40.4 Å². The summed E-state index contributed by atoms with van der Waals surface area (Å²) in [6, 6.07) is 14.2. The number of carbonyl (C=O) groups is 1. The van der Waals surface area contributed by atoms with E-state index in [1.807, 2.05) is 53.1 Å². The van der Waals surface area contributed by atoms with Gasteiger partial charge < -0.3 is 9.72 Å². The Hall–Kier alpha value is -2.27. The number of nitrogens with one attached hydrogen (secondary N) is 1. The van der Waals surface area contributed by atoms with Crippen LogP contribution in [0, 0.1) is 0 Å². The molecular weight excluding hydrogens is 306 g/mol. The van der Waals surface area contributed by atoms with Gasteiger partial charge in [-0.15, -0.1) is 11.8 Å². The lowest BCUT2D eigenvalue weighted by molar-refractivity contribution is 0.0951. The summed E-state index contributed by atoms with van der Waals surface area (Å²) in [6.07, 6.45) is 6.28. The van der Waals surface area contributed by atoms with Crippen molar-refractivity contribution in [3.63, 3.8) is 0 Å². The lowest BCUT2D eigenvalue weighted by atomic mass is 10.2. The highest BCUT2D eigenvalue weighted by molar-refractivity contribution is 7.98. The normalized spacial score (nSPS) is 14.1. The van der Waals surface area contributed by atoms with Crippen molar-refractivity contribution < 1.29 is 4.79 Å². The third-order valence-electron chi connectivity index (χ3n) is 3.83. The van der Waals surface area contributed by atoms with E-state index in [1.54, 1.807) is 11.8 Å². The molecule has 2 heterocycles. The molecule has 0 bridgehead atoms. The molecule has 1 saturated carbocycles. The van der Waals surface area contributed by atoms with Crippen molar-refractivity contribution in [3.8, 4) is 0 Å². The maximum Gasteiger partial charge on any atom is 0.251 e. The standard InChI is InChI=1S/C18H17N3OS/c22-18(20-14-6-7-14)13-4-8-16(9-5-13)23-12-15-11-21-10-2-1-3-17(21)19-15/h1-5,8-11,14H,6-7,12H2,(H,20,22). The molecule has 0 atom stereocenters. The number of benzene rings is 1. The van der Waals surface area contributed by atoms with E-state index in [9.17, 15) is 4.79 Å². The first-order chi connectivity index (χ1) is 11.3. The van der Waals surface area contributed by atoms with Gasteiger partial charge in [0.15, 0.2) is 0 Å². The van der Waals surface area contributed by atoms with Crippen LogP contribution in [-0.2, 0) is 5.75 Å². The molecule has 5 heteroatoms. The highest BCUT2D eigenvalue weighted by atomic mass is 32.2. The van der Waals surface area contributed by atoms with Crippen molar-refractivity contribution in [1.82, 2.24) is 14.7 Å². The quantitative estimate of drug-likeness (QED) is 0.731. The van der Waals surface area contributed by atoms with Crippen LogP contribution in [0.3, 0.4) is 0 Å². The highest BCUT2D eigenvalue weighted by Crippen LogP contribution is 2.24. The molecule has 116 valence electrons. The zero-order valence-electron chi connectivity index (χ0n) is 12.6. The van der Waals surface area contributed by atoms with Crippen LogP contribution in [0.25, 0.3) is 5.65 Å². The van der Waals surface area contributed by atoms with Crippen LogP contribution < -0.4 is 5.32 Å². The molecule has 1 fully saturated rings. The summed E-state index contributed by atoms with van der Waals surface area (Å²) < 4.78 is 2.03. The van der Waals surface area contributed by atoms with Crippen molar-refractivity contribution in [2.24, 2.45) is 0 Å². The first kappa shape index (κ1) is 14.3. The maximum atomic E-state index is 12.0. The number of hydrogen-bond acceptors (Lipinski definition) is 3. The summed E-state index contributed by atoms with van der Waals surface area (Å²) in [5.74, 6) is 0.847. The first-order valence-electron chi connectivity index (χ1n) is 7.74. The lowest BCUT2D eigenvalue weighted by Crippen LogP contribution is -2.25. The van der Waals surface area contributed by atoms with E-state index in [-0.39, 0.29) is 5.91 Å². The minimum absolute atomic E-state index is 0.0319. The Morgan fingerprint density at radius 2 is 2.04 bits per heavy atom. The van der Waals surface area contributed by atoms with Gasteiger partial charge >= 0.3 is 0 Å². The molecule has 0 unspecified atom stereocenters. The van der Waals surface area contributed by atoms with Crippen molar-refractivity contribution in [1.29, 1.82) is 0 Å². The molecule has 0 saturated heterocycles. The summed E-state index contributed by atoms with van der Waals surface area (Å²) in [5, 5.41) is 3.00. The van der Waals surface area contributed by atoms with Crippen LogP contribution in [0.4, 0.5) is 0 Å². The number of aromatic nitrogens is 2. The highest BCUT2D eigenvalue weighted by Gasteiger charge is 2.23. The van der Waals surface area contributed by atoms with Crippen molar-refractivity contribution in [3.05, 3.63) is 66.1 Å². The molecule has 1 aliphatic rings. The fourth-order valence-corrected chi connectivity index (χ4v) is 3.20. The molecule has 4 rings (SSSR count). The summed E-state index contributed by atoms with van der Waals surface area (Å²) in [6.45, 7) is 0. The number of thioether (sulfide) groups is 1. The number of nitrogens with zero attached hydrogens (tertiary/aromatic N) is 2. The van der Waals surface area contributed by atoms with Gasteiger partial charge in [0.25, 0.3) is 5.91 Å². The van der Waals surface area contributed by atoms with Gasteiger partial charge in [0.2, 0.25) is 0 Å². The molecule has 23 heavy (non-hydrogen) atoms. The second kappa shape index (κ2) is 6.08. The molecule has 1 aromatic carbocycles. The summed E-state index contributed by atoms with van der Waals surface area (Å²) in [5.41, 5.74) is 2.75. The van der Waals surface area contributed by atoms with E-state index in [0.29, 0.717) is 6.04 Å². The van der Waals surface area contributed by atoms with Gasteiger partial charge in [-0.05, 0) is 49.2 Å². The smallest absolute Gasteiger partial charge is 0.251 e.